The number of ether oxygens (including phenoxy) is 1. The van der Waals surface area contributed by atoms with Crippen molar-refractivity contribution >= 4 is 0 Å². The quantitative estimate of drug-likeness (QED) is 0.783. The minimum atomic E-state index is 0.489. The smallest absolute Gasteiger partial charge is 0.123 e. The second-order valence-corrected chi connectivity index (χ2v) is 4.45. The fourth-order valence-electron chi connectivity index (χ4n) is 2.26. The summed E-state index contributed by atoms with van der Waals surface area (Å²) in [6, 6.07) is 6.81. The van der Waals surface area contributed by atoms with Gasteiger partial charge in [0, 0.05) is 6.04 Å². The molecule has 2 nitrogen and oxygen atoms in total. The number of rotatable bonds is 4. The van der Waals surface area contributed by atoms with Crippen LogP contribution in [0.5, 0.6) is 5.75 Å². The van der Waals surface area contributed by atoms with Gasteiger partial charge < -0.3 is 10.1 Å². The molecule has 0 bridgehead atoms. The Balaban J connectivity index is 2.21. The molecule has 1 atom stereocenters. The number of nitrogens with one attached hydrogen (secondary N) is 1. The van der Waals surface area contributed by atoms with Gasteiger partial charge in [-0.1, -0.05) is 18.7 Å². The summed E-state index contributed by atoms with van der Waals surface area (Å²) in [5, 5.41) is 3.34. The van der Waals surface area contributed by atoms with Gasteiger partial charge in [-0.3, -0.25) is 0 Å². The summed E-state index contributed by atoms with van der Waals surface area (Å²) in [5.74, 6) is 1.03. The fourth-order valence-corrected chi connectivity index (χ4v) is 2.26. The van der Waals surface area contributed by atoms with Gasteiger partial charge in [0.1, 0.15) is 12.4 Å². The number of hydrogen-bond donors (Lipinski definition) is 1. The maximum atomic E-state index is 5.78. The Labute approximate surface area is 97.3 Å². The molecule has 0 amide bonds. The lowest BCUT2D eigenvalue weighted by molar-refractivity contribution is 0.349. The summed E-state index contributed by atoms with van der Waals surface area (Å²) < 4.78 is 5.78. The molecule has 1 aromatic carbocycles. The first kappa shape index (κ1) is 11.2. The van der Waals surface area contributed by atoms with Gasteiger partial charge in [0.2, 0.25) is 0 Å². The Morgan fingerprint density at radius 1 is 1.56 bits per heavy atom. The lowest BCUT2D eigenvalue weighted by atomic mass is 10.1. The summed E-state index contributed by atoms with van der Waals surface area (Å²) >= 11 is 0. The predicted octanol–water partition coefficient (Wildman–Crippen LogP) is 2.85. The molecule has 0 aromatic heterocycles. The minimum absolute atomic E-state index is 0.489. The van der Waals surface area contributed by atoms with E-state index >= 15 is 0 Å². The highest BCUT2D eigenvalue weighted by atomic mass is 16.5. The van der Waals surface area contributed by atoms with Crippen molar-refractivity contribution in [2.24, 2.45) is 0 Å². The molecular weight excluding hydrogens is 198 g/mol. The van der Waals surface area contributed by atoms with Gasteiger partial charge in [-0.15, -0.1) is 0 Å². The summed E-state index contributed by atoms with van der Waals surface area (Å²) in [5.41, 5.74) is 3.81. The Morgan fingerprint density at radius 2 is 2.38 bits per heavy atom. The largest absolute Gasteiger partial charge is 0.489 e. The van der Waals surface area contributed by atoms with E-state index in [-0.39, 0.29) is 0 Å². The molecule has 1 unspecified atom stereocenters. The molecule has 1 aliphatic carbocycles. The number of fused-ring (bicyclic) bond motifs is 1. The summed E-state index contributed by atoms with van der Waals surface area (Å²) in [7, 11) is 2.02. The molecular formula is C14H19NO. The van der Waals surface area contributed by atoms with Crippen LogP contribution in [0.4, 0.5) is 0 Å². The highest BCUT2D eigenvalue weighted by molar-refractivity contribution is 5.45. The summed E-state index contributed by atoms with van der Waals surface area (Å²) in [6.45, 7) is 6.45. The van der Waals surface area contributed by atoms with E-state index in [1.54, 1.807) is 0 Å². The molecule has 16 heavy (non-hydrogen) atoms. The van der Waals surface area contributed by atoms with Crippen molar-refractivity contribution < 1.29 is 4.74 Å². The van der Waals surface area contributed by atoms with Crippen LogP contribution in [0, 0.1) is 0 Å². The molecule has 0 aliphatic heterocycles. The zero-order valence-corrected chi connectivity index (χ0v) is 10.0. The molecule has 0 saturated carbocycles. The Morgan fingerprint density at radius 3 is 3.06 bits per heavy atom. The molecule has 1 N–H and O–H groups in total. The van der Waals surface area contributed by atoms with Gasteiger partial charge >= 0.3 is 0 Å². The number of benzene rings is 1. The van der Waals surface area contributed by atoms with Gasteiger partial charge in [0.25, 0.3) is 0 Å². The monoisotopic (exact) mass is 217 g/mol. The van der Waals surface area contributed by atoms with Crippen LogP contribution < -0.4 is 10.1 Å². The average molecular weight is 217 g/mol. The SMILES string of the molecule is C=C(C)COc1cccc2c1CCC2NC. The number of hydrogen-bond acceptors (Lipinski definition) is 2. The van der Waals surface area contributed by atoms with Crippen LogP contribution in [0.2, 0.25) is 0 Å². The van der Waals surface area contributed by atoms with Crippen LogP contribution >= 0.6 is 0 Å². The standard InChI is InChI=1S/C14H19NO/c1-10(2)9-16-14-6-4-5-11-12(14)7-8-13(11)15-3/h4-6,13,15H,1,7-9H2,2-3H3. The van der Waals surface area contributed by atoms with E-state index in [0.717, 1.165) is 17.7 Å². The first-order valence-electron chi connectivity index (χ1n) is 5.78. The van der Waals surface area contributed by atoms with E-state index in [4.69, 9.17) is 4.74 Å². The van der Waals surface area contributed by atoms with Crippen molar-refractivity contribution in [1.82, 2.24) is 5.32 Å². The fraction of sp³-hybridized carbons (Fsp3) is 0.429. The van der Waals surface area contributed by atoms with E-state index in [1.165, 1.54) is 17.5 Å². The van der Waals surface area contributed by atoms with E-state index in [2.05, 4.69) is 30.1 Å². The lowest BCUT2D eigenvalue weighted by Gasteiger charge is -2.13. The molecule has 1 aromatic rings. The van der Waals surface area contributed by atoms with Crippen molar-refractivity contribution in [3.63, 3.8) is 0 Å². The normalized spacial score (nSPS) is 18.2. The molecule has 86 valence electrons. The van der Waals surface area contributed by atoms with E-state index in [0.29, 0.717) is 12.6 Å². The minimum Gasteiger partial charge on any atom is -0.489 e. The van der Waals surface area contributed by atoms with E-state index in [1.807, 2.05) is 14.0 Å². The molecule has 0 saturated heterocycles. The Kier molecular flexibility index (Phi) is 3.30. The van der Waals surface area contributed by atoms with Crippen molar-refractivity contribution in [2.75, 3.05) is 13.7 Å². The molecule has 1 aliphatic rings. The first-order valence-corrected chi connectivity index (χ1v) is 5.78. The third kappa shape index (κ3) is 2.12. The van der Waals surface area contributed by atoms with Crippen LogP contribution in [-0.2, 0) is 6.42 Å². The van der Waals surface area contributed by atoms with Gasteiger partial charge in [-0.25, -0.2) is 0 Å². The predicted molar refractivity (Wildman–Crippen MR) is 66.9 cm³/mol. The van der Waals surface area contributed by atoms with Crippen molar-refractivity contribution in [1.29, 1.82) is 0 Å². The van der Waals surface area contributed by atoms with Crippen LogP contribution in [0.3, 0.4) is 0 Å². The van der Waals surface area contributed by atoms with Crippen LogP contribution in [0.1, 0.15) is 30.5 Å². The third-order valence-corrected chi connectivity index (χ3v) is 3.05. The first-order chi connectivity index (χ1) is 7.72. The molecule has 0 spiro atoms. The second-order valence-electron chi connectivity index (χ2n) is 4.45. The third-order valence-electron chi connectivity index (χ3n) is 3.05. The summed E-state index contributed by atoms with van der Waals surface area (Å²) in [6.07, 6.45) is 2.27. The Bertz CT molecular complexity index is 398. The lowest BCUT2D eigenvalue weighted by Crippen LogP contribution is -2.12. The zero-order chi connectivity index (χ0) is 11.5. The van der Waals surface area contributed by atoms with Gasteiger partial charge in [-0.2, -0.15) is 0 Å². The molecule has 2 heteroatoms. The topological polar surface area (TPSA) is 21.3 Å². The van der Waals surface area contributed by atoms with E-state index in [9.17, 15) is 0 Å². The zero-order valence-electron chi connectivity index (χ0n) is 10.0. The van der Waals surface area contributed by atoms with Gasteiger partial charge in [0.05, 0.1) is 0 Å². The van der Waals surface area contributed by atoms with Crippen molar-refractivity contribution in [3.05, 3.63) is 41.5 Å². The van der Waals surface area contributed by atoms with Gasteiger partial charge in [0.15, 0.2) is 0 Å². The molecule has 0 fully saturated rings. The molecule has 0 heterocycles. The Hall–Kier alpha value is -1.28. The molecule has 2 rings (SSSR count). The van der Waals surface area contributed by atoms with Crippen molar-refractivity contribution in [2.45, 2.75) is 25.8 Å². The maximum absolute atomic E-state index is 5.78. The van der Waals surface area contributed by atoms with Gasteiger partial charge in [-0.05, 0) is 49.6 Å². The van der Waals surface area contributed by atoms with E-state index < -0.39 is 0 Å². The molecule has 0 radical (unpaired) electrons. The summed E-state index contributed by atoms with van der Waals surface area (Å²) in [4.78, 5) is 0. The highest BCUT2D eigenvalue weighted by Gasteiger charge is 2.23. The van der Waals surface area contributed by atoms with Crippen LogP contribution in [0.15, 0.2) is 30.4 Å². The second kappa shape index (κ2) is 4.71. The average Bonchev–Trinajstić information content (AvgIpc) is 2.69. The maximum Gasteiger partial charge on any atom is 0.123 e. The van der Waals surface area contributed by atoms with Crippen LogP contribution in [-0.4, -0.2) is 13.7 Å². The van der Waals surface area contributed by atoms with Crippen LogP contribution in [0.25, 0.3) is 0 Å². The van der Waals surface area contributed by atoms with Crippen molar-refractivity contribution in [3.8, 4) is 5.75 Å². The highest BCUT2D eigenvalue weighted by Crippen LogP contribution is 2.36.